The van der Waals surface area contributed by atoms with E-state index in [-0.39, 0.29) is 18.3 Å². The Morgan fingerprint density at radius 1 is 0.931 bits per heavy atom. The van der Waals surface area contributed by atoms with Crippen LogP contribution >= 0.6 is 11.6 Å². The van der Waals surface area contributed by atoms with Crippen LogP contribution in [0.25, 0.3) is 0 Å². The summed E-state index contributed by atoms with van der Waals surface area (Å²) in [7, 11) is 1.51. The zero-order chi connectivity index (χ0) is 20.8. The van der Waals surface area contributed by atoms with Crippen molar-refractivity contribution < 1.29 is 19.1 Å². The molecule has 5 nitrogen and oxygen atoms in total. The van der Waals surface area contributed by atoms with E-state index in [9.17, 15) is 9.59 Å². The first-order valence-electron chi connectivity index (χ1n) is 8.94. The average molecular weight is 410 g/mol. The molecular weight excluding hydrogens is 390 g/mol. The van der Waals surface area contributed by atoms with Crippen molar-refractivity contribution in [2.75, 3.05) is 12.4 Å². The Morgan fingerprint density at radius 3 is 2.45 bits per heavy atom. The van der Waals surface area contributed by atoms with Gasteiger partial charge >= 0.3 is 0 Å². The third-order valence-corrected chi connectivity index (χ3v) is 4.66. The zero-order valence-electron chi connectivity index (χ0n) is 16.1. The van der Waals surface area contributed by atoms with E-state index < -0.39 is 0 Å². The molecule has 1 N–H and O–H groups in total. The molecule has 0 saturated carbocycles. The van der Waals surface area contributed by atoms with Crippen LogP contribution in [0.1, 0.15) is 33.2 Å². The summed E-state index contributed by atoms with van der Waals surface area (Å²) in [4.78, 5) is 24.1. The van der Waals surface area contributed by atoms with Crippen LogP contribution in [-0.4, -0.2) is 18.8 Å². The Morgan fingerprint density at radius 2 is 1.72 bits per heavy atom. The number of benzene rings is 3. The van der Waals surface area contributed by atoms with Crippen molar-refractivity contribution in [3.8, 4) is 11.5 Å². The van der Waals surface area contributed by atoms with Gasteiger partial charge in [0.15, 0.2) is 17.3 Å². The molecule has 3 rings (SSSR count). The normalized spacial score (nSPS) is 10.3. The Balaban J connectivity index is 1.74. The van der Waals surface area contributed by atoms with E-state index in [1.165, 1.54) is 14.0 Å². The number of rotatable bonds is 7. The van der Waals surface area contributed by atoms with Crippen LogP contribution < -0.4 is 14.8 Å². The minimum absolute atomic E-state index is 0.0669. The Kier molecular flexibility index (Phi) is 6.52. The molecule has 6 heteroatoms. The summed E-state index contributed by atoms with van der Waals surface area (Å²) in [6, 6.07) is 19.1. The van der Waals surface area contributed by atoms with Crippen molar-refractivity contribution >= 4 is 29.0 Å². The lowest BCUT2D eigenvalue weighted by molar-refractivity contribution is 0.101. The lowest BCUT2D eigenvalue weighted by Crippen LogP contribution is -2.12. The standard InChI is InChI=1S/C23H20ClNO4/c1-15(26)16-7-5-8-19(12-16)25-23(27)17-10-11-21(22(13-17)28-2)29-14-18-6-3-4-9-20(18)24/h3-13H,14H2,1-2H3,(H,25,27). The van der Waals surface area contributed by atoms with Crippen LogP contribution in [0.3, 0.4) is 0 Å². The maximum absolute atomic E-state index is 12.6. The van der Waals surface area contributed by atoms with Gasteiger partial charge in [-0.15, -0.1) is 0 Å². The van der Waals surface area contributed by atoms with Gasteiger partial charge in [-0.25, -0.2) is 0 Å². The van der Waals surface area contributed by atoms with E-state index in [0.717, 1.165) is 5.56 Å². The first-order chi connectivity index (χ1) is 14.0. The number of halogens is 1. The summed E-state index contributed by atoms with van der Waals surface area (Å²) in [5.41, 5.74) is 2.33. The van der Waals surface area contributed by atoms with Crippen molar-refractivity contribution in [3.63, 3.8) is 0 Å². The largest absolute Gasteiger partial charge is 0.493 e. The van der Waals surface area contributed by atoms with Crippen molar-refractivity contribution in [1.82, 2.24) is 0 Å². The van der Waals surface area contributed by atoms with Gasteiger partial charge in [-0.1, -0.05) is 41.9 Å². The minimum Gasteiger partial charge on any atom is -0.493 e. The van der Waals surface area contributed by atoms with Crippen LogP contribution in [0.2, 0.25) is 5.02 Å². The van der Waals surface area contributed by atoms with E-state index in [0.29, 0.717) is 33.3 Å². The third kappa shape index (κ3) is 5.15. The van der Waals surface area contributed by atoms with E-state index >= 15 is 0 Å². The van der Waals surface area contributed by atoms with Crippen molar-refractivity contribution in [3.05, 3.63) is 88.4 Å². The molecule has 0 atom stereocenters. The number of carbonyl (C=O) groups is 2. The molecule has 0 fully saturated rings. The van der Waals surface area contributed by atoms with Gasteiger partial charge in [0.2, 0.25) is 0 Å². The molecule has 0 aromatic heterocycles. The Labute approximate surface area is 174 Å². The number of methoxy groups -OCH3 is 1. The number of hydrogen-bond donors (Lipinski definition) is 1. The molecule has 3 aromatic rings. The second kappa shape index (κ2) is 9.26. The zero-order valence-corrected chi connectivity index (χ0v) is 16.8. The molecular formula is C23H20ClNO4. The number of ketones is 1. The van der Waals surface area contributed by atoms with Gasteiger partial charge in [-0.05, 0) is 43.3 Å². The monoisotopic (exact) mass is 409 g/mol. The lowest BCUT2D eigenvalue weighted by atomic mass is 10.1. The Hall–Kier alpha value is -3.31. The highest BCUT2D eigenvalue weighted by Crippen LogP contribution is 2.30. The highest BCUT2D eigenvalue weighted by Gasteiger charge is 2.13. The number of hydrogen-bond acceptors (Lipinski definition) is 4. The molecule has 0 aliphatic heterocycles. The van der Waals surface area contributed by atoms with Gasteiger partial charge < -0.3 is 14.8 Å². The summed E-state index contributed by atoms with van der Waals surface area (Å²) in [5.74, 6) is 0.550. The highest BCUT2D eigenvalue weighted by molar-refractivity contribution is 6.31. The second-order valence-corrected chi connectivity index (χ2v) is 6.74. The van der Waals surface area contributed by atoms with Crippen LogP contribution in [-0.2, 0) is 6.61 Å². The van der Waals surface area contributed by atoms with E-state index in [4.69, 9.17) is 21.1 Å². The topological polar surface area (TPSA) is 64.6 Å². The van der Waals surface area contributed by atoms with Crippen LogP contribution in [0.4, 0.5) is 5.69 Å². The maximum atomic E-state index is 12.6. The summed E-state index contributed by atoms with van der Waals surface area (Å²) >= 11 is 6.15. The number of amides is 1. The molecule has 3 aromatic carbocycles. The number of Topliss-reactive ketones (excluding diaryl/α,β-unsaturated/α-hetero) is 1. The fourth-order valence-corrected chi connectivity index (χ4v) is 2.91. The van der Waals surface area contributed by atoms with Gasteiger partial charge in [0.1, 0.15) is 6.61 Å². The maximum Gasteiger partial charge on any atom is 0.255 e. The smallest absolute Gasteiger partial charge is 0.255 e. The third-order valence-electron chi connectivity index (χ3n) is 4.29. The van der Waals surface area contributed by atoms with Gasteiger partial charge in [0.25, 0.3) is 5.91 Å². The summed E-state index contributed by atoms with van der Waals surface area (Å²) in [5, 5.41) is 3.41. The van der Waals surface area contributed by atoms with E-state index in [1.807, 2.05) is 18.2 Å². The number of nitrogens with one attached hydrogen (secondary N) is 1. The molecule has 29 heavy (non-hydrogen) atoms. The van der Waals surface area contributed by atoms with Gasteiger partial charge in [-0.2, -0.15) is 0 Å². The predicted molar refractivity (Wildman–Crippen MR) is 113 cm³/mol. The molecule has 0 bridgehead atoms. The lowest BCUT2D eigenvalue weighted by Gasteiger charge is -2.13. The molecule has 0 heterocycles. The van der Waals surface area contributed by atoms with Crippen molar-refractivity contribution in [2.24, 2.45) is 0 Å². The predicted octanol–water partition coefficient (Wildman–Crippen LogP) is 5.38. The van der Waals surface area contributed by atoms with Crippen LogP contribution in [0.15, 0.2) is 66.7 Å². The molecule has 148 valence electrons. The minimum atomic E-state index is -0.318. The van der Waals surface area contributed by atoms with E-state index in [2.05, 4.69) is 5.32 Å². The first kappa shape index (κ1) is 20.4. The number of carbonyl (C=O) groups excluding carboxylic acids is 2. The summed E-state index contributed by atoms with van der Waals surface area (Å²) in [6.45, 7) is 1.76. The molecule has 0 aliphatic carbocycles. The molecule has 0 saturated heterocycles. The van der Waals surface area contributed by atoms with Crippen LogP contribution in [0, 0.1) is 0 Å². The SMILES string of the molecule is COc1cc(C(=O)Nc2cccc(C(C)=O)c2)ccc1OCc1ccccc1Cl. The summed E-state index contributed by atoms with van der Waals surface area (Å²) < 4.78 is 11.2. The molecule has 0 aliphatic rings. The number of ether oxygens (including phenoxy) is 2. The molecule has 1 amide bonds. The average Bonchev–Trinajstić information content (AvgIpc) is 2.73. The van der Waals surface area contributed by atoms with E-state index in [1.54, 1.807) is 48.5 Å². The van der Waals surface area contributed by atoms with Gasteiger partial charge in [-0.3, -0.25) is 9.59 Å². The molecule has 0 radical (unpaired) electrons. The quantitative estimate of drug-likeness (QED) is 0.532. The first-order valence-corrected chi connectivity index (χ1v) is 9.32. The summed E-state index contributed by atoms with van der Waals surface area (Å²) in [6.07, 6.45) is 0. The van der Waals surface area contributed by atoms with Crippen molar-refractivity contribution in [1.29, 1.82) is 0 Å². The highest BCUT2D eigenvalue weighted by atomic mass is 35.5. The Bertz CT molecular complexity index is 1050. The van der Waals surface area contributed by atoms with Gasteiger partial charge in [0, 0.05) is 27.4 Å². The van der Waals surface area contributed by atoms with Gasteiger partial charge in [0.05, 0.1) is 7.11 Å². The fourth-order valence-electron chi connectivity index (χ4n) is 2.72. The second-order valence-electron chi connectivity index (χ2n) is 6.34. The molecule has 0 unspecified atom stereocenters. The van der Waals surface area contributed by atoms with Crippen molar-refractivity contribution in [2.45, 2.75) is 13.5 Å². The molecule has 0 spiro atoms. The number of anilines is 1. The van der Waals surface area contributed by atoms with Crippen LogP contribution in [0.5, 0.6) is 11.5 Å². The fraction of sp³-hybridized carbons (Fsp3) is 0.130.